The van der Waals surface area contributed by atoms with Crippen LogP contribution < -0.4 is 10.0 Å². The molecular weight excluding hydrogens is 438 g/mol. The van der Waals surface area contributed by atoms with Crippen LogP contribution in [0.15, 0.2) is 76.9 Å². The fourth-order valence-corrected chi connectivity index (χ4v) is 5.00. The van der Waals surface area contributed by atoms with Crippen molar-refractivity contribution >= 4 is 21.8 Å². The Morgan fingerprint density at radius 1 is 1.00 bits per heavy atom. The highest BCUT2D eigenvalue weighted by Gasteiger charge is 2.29. The number of rotatable bonds is 10. The number of aliphatic imine (C=N–C) groups is 1. The molecule has 0 saturated heterocycles. The second-order valence-electron chi connectivity index (χ2n) is 7.89. The molecule has 2 N–H and O–H groups in total. The maximum absolute atomic E-state index is 12.3. The number of aromatic nitrogens is 2. The summed E-state index contributed by atoms with van der Waals surface area (Å²) in [6.45, 7) is 1.67. The van der Waals surface area contributed by atoms with Gasteiger partial charge in [0.1, 0.15) is 5.84 Å². The van der Waals surface area contributed by atoms with E-state index in [1.807, 2.05) is 41.2 Å². The molecule has 0 fully saturated rings. The van der Waals surface area contributed by atoms with Crippen LogP contribution in [0.5, 0.6) is 0 Å². The smallest absolute Gasteiger partial charge is 0.263 e. The Bertz CT molecular complexity index is 1240. The first-order chi connectivity index (χ1) is 16.0. The van der Waals surface area contributed by atoms with Gasteiger partial charge in [-0.25, -0.2) is 8.42 Å². The summed E-state index contributed by atoms with van der Waals surface area (Å²) in [7, 11) is -3.50. The first-order valence-corrected chi connectivity index (χ1v) is 12.5. The van der Waals surface area contributed by atoms with E-state index in [9.17, 15) is 13.2 Å². The average molecular weight is 466 g/mol. The Hall–Kier alpha value is -3.46. The zero-order chi connectivity index (χ0) is 23.1. The topological polar surface area (TPSA) is 105 Å². The summed E-state index contributed by atoms with van der Waals surface area (Å²) < 4.78 is 28.6. The van der Waals surface area contributed by atoms with Gasteiger partial charge in [-0.15, -0.1) is 0 Å². The summed E-state index contributed by atoms with van der Waals surface area (Å²) >= 11 is 0. The number of nitrogens with one attached hydrogen (secondary N) is 2. The molecule has 0 saturated carbocycles. The molecule has 0 radical (unpaired) electrons. The van der Waals surface area contributed by atoms with Crippen molar-refractivity contribution in [2.75, 3.05) is 6.54 Å². The van der Waals surface area contributed by atoms with Crippen molar-refractivity contribution < 1.29 is 13.2 Å². The summed E-state index contributed by atoms with van der Waals surface area (Å²) in [5.74, 6) is 0.421. The van der Waals surface area contributed by atoms with E-state index in [-0.39, 0.29) is 10.8 Å². The molecule has 1 aromatic heterocycles. The Morgan fingerprint density at radius 3 is 2.61 bits per heavy atom. The second-order valence-corrected chi connectivity index (χ2v) is 9.54. The maximum atomic E-state index is 12.3. The fourth-order valence-electron chi connectivity index (χ4n) is 3.75. The molecule has 0 atom stereocenters. The predicted octanol–water partition coefficient (Wildman–Crippen LogP) is 2.85. The number of fused-ring (bicyclic) bond motifs is 1. The normalized spacial score (nSPS) is 15.2. The van der Waals surface area contributed by atoms with E-state index in [2.05, 4.69) is 20.1 Å². The summed E-state index contributed by atoms with van der Waals surface area (Å²) in [4.78, 5) is 16.9. The highest BCUT2D eigenvalue weighted by atomic mass is 32.2. The van der Waals surface area contributed by atoms with E-state index in [1.165, 1.54) is 0 Å². The van der Waals surface area contributed by atoms with E-state index in [0.717, 1.165) is 30.4 Å². The average Bonchev–Trinajstić information content (AvgIpc) is 3.41. The van der Waals surface area contributed by atoms with E-state index in [0.29, 0.717) is 37.5 Å². The molecule has 3 aromatic rings. The zero-order valence-electron chi connectivity index (χ0n) is 18.3. The molecule has 0 bridgehead atoms. The number of amides is 1. The number of hydrogen-bond acceptors (Lipinski definition) is 5. The lowest BCUT2D eigenvalue weighted by atomic mass is 10.1. The van der Waals surface area contributed by atoms with Crippen LogP contribution in [0.1, 0.15) is 42.4 Å². The number of benzene rings is 2. The van der Waals surface area contributed by atoms with Gasteiger partial charge in [-0.05, 0) is 42.2 Å². The Morgan fingerprint density at radius 2 is 1.79 bits per heavy atom. The van der Waals surface area contributed by atoms with Gasteiger partial charge in [0.15, 0.2) is 0 Å². The molecule has 1 amide bonds. The molecule has 0 aliphatic carbocycles. The van der Waals surface area contributed by atoms with E-state index < -0.39 is 10.0 Å². The van der Waals surface area contributed by atoms with Crippen molar-refractivity contribution in [3.63, 3.8) is 0 Å². The third kappa shape index (κ3) is 5.87. The van der Waals surface area contributed by atoms with Crippen LogP contribution in [0.2, 0.25) is 0 Å². The van der Waals surface area contributed by atoms with Crippen LogP contribution in [0.25, 0.3) is 0 Å². The van der Waals surface area contributed by atoms with Crippen molar-refractivity contribution in [3.05, 3.63) is 83.7 Å². The van der Waals surface area contributed by atoms with Gasteiger partial charge < -0.3 is 5.32 Å². The predicted molar refractivity (Wildman–Crippen MR) is 126 cm³/mol. The van der Waals surface area contributed by atoms with Gasteiger partial charge in [0.05, 0.1) is 11.4 Å². The minimum absolute atomic E-state index is 0.0210. The molecule has 4 rings (SSSR count). The Labute approximate surface area is 193 Å². The summed E-state index contributed by atoms with van der Waals surface area (Å²) in [5, 5.41) is 7.24. The number of sulfonamides is 1. The van der Waals surface area contributed by atoms with Crippen LogP contribution in [0, 0.1) is 0 Å². The standard InChI is InChI=1S/C24H27N5O3S/c30-23(26-17-19-9-3-4-10-20(19)18-29-16-8-15-27-29)13-2-1-7-14-25-24-21-11-5-6-12-22(21)33(31,32)28-24/h3-6,8-12,15-16H,1-2,7,13-14,17-18H2,(H,25,28)(H,26,30). The van der Waals surface area contributed by atoms with Gasteiger partial charge >= 0.3 is 0 Å². The van der Waals surface area contributed by atoms with E-state index >= 15 is 0 Å². The number of unbranched alkanes of at least 4 members (excludes halogenated alkanes) is 2. The van der Waals surface area contributed by atoms with Crippen molar-refractivity contribution in [1.29, 1.82) is 0 Å². The van der Waals surface area contributed by atoms with Crippen molar-refractivity contribution in [1.82, 2.24) is 19.8 Å². The van der Waals surface area contributed by atoms with Crippen molar-refractivity contribution in [2.24, 2.45) is 4.99 Å². The fraction of sp³-hybridized carbons (Fsp3) is 0.292. The van der Waals surface area contributed by atoms with Gasteiger partial charge in [0.25, 0.3) is 10.0 Å². The molecule has 0 unspecified atom stereocenters. The van der Waals surface area contributed by atoms with Gasteiger partial charge in [-0.3, -0.25) is 19.2 Å². The molecule has 172 valence electrons. The minimum atomic E-state index is -3.50. The molecular formula is C24H27N5O3S. The Balaban J connectivity index is 1.18. The second kappa shape index (κ2) is 10.4. The van der Waals surface area contributed by atoms with Gasteiger partial charge in [0, 0.05) is 37.5 Å². The minimum Gasteiger partial charge on any atom is -0.352 e. The molecule has 8 nitrogen and oxygen atoms in total. The molecule has 0 spiro atoms. The number of amidine groups is 1. The highest BCUT2D eigenvalue weighted by molar-refractivity contribution is 7.90. The van der Waals surface area contributed by atoms with Crippen LogP contribution in [-0.2, 0) is 27.9 Å². The largest absolute Gasteiger partial charge is 0.352 e. The molecule has 9 heteroatoms. The third-order valence-electron chi connectivity index (χ3n) is 5.48. The third-order valence-corrected chi connectivity index (χ3v) is 6.88. The monoisotopic (exact) mass is 465 g/mol. The summed E-state index contributed by atoms with van der Waals surface area (Å²) in [6.07, 6.45) is 6.51. The quantitative estimate of drug-likeness (QED) is 0.449. The van der Waals surface area contributed by atoms with Gasteiger partial charge in [-0.1, -0.05) is 42.8 Å². The highest BCUT2D eigenvalue weighted by Crippen LogP contribution is 2.22. The molecule has 1 aliphatic heterocycles. The molecule has 2 heterocycles. The number of nitrogens with zero attached hydrogens (tertiary/aromatic N) is 3. The lowest BCUT2D eigenvalue weighted by Gasteiger charge is -2.11. The van der Waals surface area contributed by atoms with Crippen LogP contribution >= 0.6 is 0 Å². The number of carbonyl (C=O) groups excluding carboxylic acids is 1. The van der Waals surface area contributed by atoms with Crippen molar-refractivity contribution in [2.45, 2.75) is 43.7 Å². The lowest BCUT2D eigenvalue weighted by Crippen LogP contribution is -2.23. The Kier molecular flexibility index (Phi) is 7.19. The lowest BCUT2D eigenvalue weighted by molar-refractivity contribution is -0.121. The van der Waals surface area contributed by atoms with Crippen molar-refractivity contribution in [3.8, 4) is 0 Å². The van der Waals surface area contributed by atoms with Crippen LogP contribution in [-0.4, -0.2) is 36.5 Å². The number of carbonyl (C=O) groups is 1. The number of hydrogen-bond donors (Lipinski definition) is 2. The van der Waals surface area contributed by atoms with Crippen LogP contribution in [0.4, 0.5) is 0 Å². The maximum Gasteiger partial charge on any atom is 0.263 e. The zero-order valence-corrected chi connectivity index (χ0v) is 19.1. The molecule has 33 heavy (non-hydrogen) atoms. The van der Waals surface area contributed by atoms with E-state index in [1.54, 1.807) is 30.5 Å². The summed E-state index contributed by atoms with van der Waals surface area (Å²) in [6, 6.07) is 16.7. The SMILES string of the molecule is O=C(CCCCCN=C1NS(=O)(=O)c2ccccc21)NCc1ccccc1Cn1cccn1. The van der Waals surface area contributed by atoms with Crippen LogP contribution in [0.3, 0.4) is 0 Å². The van der Waals surface area contributed by atoms with Gasteiger partial charge in [-0.2, -0.15) is 5.10 Å². The first-order valence-electron chi connectivity index (χ1n) is 11.0. The first kappa shape index (κ1) is 22.7. The molecule has 1 aliphatic rings. The molecule has 2 aromatic carbocycles. The van der Waals surface area contributed by atoms with E-state index in [4.69, 9.17) is 0 Å². The van der Waals surface area contributed by atoms with Gasteiger partial charge in [0.2, 0.25) is 5.91 Å². The summed E-state index contributed by atoms with van der Waals surface area (Å²) in [5.41, 5.74) is 2.82.